The Balaban J connectivity index is 1.43. The van der Waals surface area contributed by atoms with Crippen molar-refractivity contribution in [1.29, 1.82) is 0 Å². The summed E-state index contributed by atoms with van der Waals surface area (Å²) < 4.78 is 12.8. The molecule has 0 aliphatic heterocycles. The molecule has 1 amide bonds. The molecule has 38 heavy (non-hydrogen) atoms. The number of aryl methyl sites for hydroxylation is 1. The summed E-state index contributed by atoms with van der Waals surface area (Å²) in [7, 11) is 1.31. The number of amides is 1. The molecule has 0 fully saturated rings. The largest absolute Gasteiger partial charge is 0.485 e. The summed E-state index contributed by atoms with van der Waals surface area (Å²) in [5, 5.41) is 15.4. The Bertz CT molecular complexity index is 1450. The van der Waals surface area contributed by atoms with Crippen molar-refractivity contribution in [2.45, 2.75) is 32.2 Å². The van der Waals surface area contributed by atoms with Gasteiger partial charge in [-0.2, -0.15) is 0 Å². The fourth-order valence-electron chi connectivity index (χ4n) is 3.66. The molecule has 1 N–H and O–H groups in total. The molecule has 0 saturated carbocycles. The normalized spacial score (nSPS) is 10.9. The first-order valence-corrected chi connectivity index (χ1v) is 14.1. The quantitative estimate of drug-likeness (QED) is 0.161. The summed E-state index contributed by atoms with van der Waals surface area (Å²) in [6, 6.07) is 12.5. The summed E-state index contributed by atoms with van der Waals surface area (Å²) in [5.41, 5.74) is 2.67. The Hall–Kier alpha value is -3.05. The van der Waals surface area contributed by atoms with E-state index >= 15 is 0 Å². The third kappa shape index (κ3) is 6.50. The number of esters is 1. The Morgan fingerprint density at radius 2 is 1.84 bits per heavy atom. The van der Waals surface area contributed by atoms with E-state index in [4.69, 9.17) is 32.7 Å². The topological polar surface area (TPSA) is 95.3 Å². The number of rotatable bonds is 10. The van der Waals surface area contributed by atoms with Gasteiger partial charge in [0.05, 0.1) is 12.9 Å². The first-order valence-electron chi connectivity index (χ1n) is 11.5. The average Bonchev–Trinajstić information content (AvgIpc) is 3.50. The van der Waals surface area contributed by atoms with E-state index in [2.05, 4.69) is 15.5 Å². The Labute approximate surface area is 238 Å². The maximum Gasteiger partial charge on any atom is 0.341 e. The van der Waals surface area contributed by atoms with Crippen LogP contribution in [0.25, 0.3) is 11.1 Å². The molecule has 198 valence electrons. The van der Waals surface area contributed by atoms with Crippen LogP contribution in [-0.2, 0) is 22.7 Å². The minimum atomic E-state index is -0.537. The number of nitrogens with one attached hydrogen (secondary N) is 1. The van der Waals surface area contributed by atoms with Gasteiger partial charge in [0.2, 0.25) is 5.91 Å². The molecular formula is C26H24Cl2N4O4S2. The number of carbonyl (C=O) groups is 2. The molecule has 4 aromatic rings. The standard InChI is InChI=1S/C26H24Cl2N4O4S2/c1-4-32-21(12-36-20-10-9-18(28)11-15(20)2)30-31-26(32)38-14-22(33)29-24-23(25(34)35-3)19(13-37-24)16-5-7-17(27)8-6-16/h5-11,13H,4,12,14H2,1-3H3,(H,29,33). The van der Waals surface area contributed by atoms with Crippen LogP contribution in [-0.4, -0.2) is 39.5 Å². The van der Waals surface area contributed by atoms with E-state index in [0.29, 0.717) is 49.4 Å². The first kappa shape index (κ1) is 28.0. The number of hydrogen-bond donors (Lipinski definition) is 1. The van der Waals surface area contributed by atoms with Crippen LogP contribution < -0.4 is 10.1 Å². The number of hydrogen-bond acceptors (Lipinski definition) is 8. The monoisotopic (exact) mass is 590 g/mol. The number of thiophene rings is 1. The number of thioether (sulfide) groups is 1. The zero-order valence-corrected chi connectivity index (χ0v) is 23.9. The van der Waals surface area contributed by atoms with Crippen LogP contribution in [0.3, 0.4) is 0 Å². The van der Waals surface area contributed by atoms with E-state index in [1.165, 1.54) is 30.2 Å². The fourth-order valence-corrected chi connectivity index (χ4v) is 5.80. The number of halogens is 2. The zero-order chi connectivity index (χ0) is 27.2. The Morgan fingerprint density at radius 1 is 1.11 bits per heavy atom. The highest BCUT2D eigenvalue weighted by Gasteiger charge is 2.23. The number of ether oxygens (including phenoxy) is 2. The number of anilines is 1. The SMILES string of the molecule is CCn1c(COc2ccc(Cl)cc2C)nnc1SCC(=O)Nc1scc(-c2ccc(Cl)cc2)c1C(=O)OC. The molecule has 4 rings (SSSR count). The third-order valence-electron chi connectivity index (χ3n) is 5.52. The van der Waals surface area contributed by atoms with Gasteiger partial charge in [0.15, 0.2) is 11.0 Å². The van der Waals surface area contributed by atoms with E-state index in [-0.39, 0.29) is 18.3 Å². The van der Waals surface area contributed by atoms with Gasteiger partial charge in [-0.05, 0) is 55.3 Å². The minimum Gasteiger partial charge on any atom is -0.485 e. The second-order valence-electron chi connectivity index (χ2n) is 8.03. The molecule has 0 spiro atoms. The van der Waals surface area contributed by atoms with Crippen LogP contribution in [0.5, 0.6) is 5.75 Å². The molecule has 2 aromatic carbocycles. The van der Waals surface area contributed by atoms with Crippen molar-refractivity contribution >= 4 is 63.2 Å². The smallest absolute Gasteiger partial charge is 0.341 e. The summed E-state index contributed by atoms with van der Waals surface area (Å²) >= 11 is 14.5. The van der Waals surface area contributed by atoms with Gasteiger partial charge >= 0.3 is 5.97 Å². The molecule has 2 heterocycles. The third-order valence-corrected chi connectivity index (χ3v) is 7.87. The lowest BCUT2D eigenvalue weighted by atomic mass is 10.0. The molecule has 0 saturated heterocycles. The second-order valence-corrected chi connectivity index (χ2v) is 10.7. The van der Waals surface area contributed by atoms with E-state index in [1.807, 2.05) is 42.7 Å². The van der Waals surface area contributed by atoms with Crippen LogP contribution in [0.2, 0.25) is 10.0 Å². The molecular weight excluding hydrogens is 567 g/mol. The zero-order valence-electron chi connectivity index (χ0n) is 20.8. The molecule has 0 bridgehead atoms. The van der Waals surface area contributed by atoms with Crippen molar-refractivity contribution in [2.24, 2.45) is 0 Å². The van der Waals surface area contributed by atoms with Crippen LogP contribution in [0, 0.1) is 6.92 Å². The molecule has 12 heteroatoms. The number of benzene rings is 2. The van der Waals surface area contributed by atoms with Gasteiger partial charge in [0.25, 0.3) is 0 Å². The fraction of sp³-hybridized carbons (Fsp3) is 0.231. The minimum absolute atomic E-state index is 0.0735. The van der Waals surface area contributed by atoms with Gasteiger partial charge in [-0.25, -0.2) is 4.79 Å². The highest BCUT2D eigenvalue weighted by atomic mass is 35.5. The van der Waals surface area contributed by atoms with E-state index in [1.54, 1.807) is 23.6 Å². The van der Waals surface area contributed by atoms with Gasteiger partial charge in [0.1, 0.15) is 22.9 Å². The molecule has 0 aliphatic carbocycles. The second kappa shape index (κ2) is 12.7. The lowest BCUT2D eigenvalue weighted by Gasteiger charge is -2.11. The predicted molar refractivity (Wildman–Crippen MR) is 152 cm³/mol. The summed E-state index contributed by atoms with van der Waals surface area (Å²) in [4.78, 5) is 25.4. The Morgan fingerprint density at radius 3 is 2.53 bits per heavy atom. The highest BCUT2D eigenvalue weighted by molar-refractivity contribution is 7.99. The van der Waals surface area contributed by atoms with Gasteiger partial charge in [-0.15, -0.1) is 21.5 Å². The van der Waals surface area contributed by atoms with E-state index in [0.717, 1.165) is 11.1 Å². The summed E-state index contributed by atoms with van der Waals surface area (Å²) in [6.45, 7) is 4.72. The van der Waals surface area contributed by atoms with Crippen LogP contribution in [0.1, 0.15) is 28.7 Å². The van der Waals surface area contributed by atoms with Gasteiger partial charge in [0, 0.05) is 27.5 Å². The van der Waals surface area contributed by atoms with Gasteiger partial charge < -0.3 is 19.4 Å². The molecule has 0 unspecified atom stereocenters. The maximum absolute atomic E-state index is 12.8. The number of carbonyl (C=O) groups excluding carboxylic acids is 2. The van der Waals surface area contributed by atoms with Crippen molar-refractivity contribution < 1.29 is 19.1 Å². The predicted octanol–water partition coefficient (Wildman–Crippen LogP) is 6.74. The number of methoxy groups -OCH3 is 1. The van der Waals surface area contributed by atoms with Crippen molar-refractivity contribution in [2.75, 3.05) is 18.2 Å². The molecule has 0 radical (unpaired) electrons. The van der Waals surface area contributed by atoms with Crippen molar-refractivity contribution in [3.8, 4) is 16.9 Å². The lowest BCUT2D eigenvalue weighted by molar-refractivity contribution is -0.113. The van der Waals surface area contributed by atoms with Crippen molar-refractivity contribution in [3.63, 3.8) is 0 Å². The molecule has 2 aromatic heterocycles. The molecule has 8 nitrogen and oxygen atoms in total. The van der Waals surface area contributed by atoms with Gasteiger partial charge in [-0.1, -0.05) is 47.1 Å². The number of nitrogens with zero attached hydrogens (tertiary/aromatic N) is 3. The molecule has 0 atom stereocenters. The average molecular weight is 592 g/mol. The Kier molecular flexibility index (Phi) is 9.32. The van der Waals surface area contributed by atoms with Gasteiger partial charge in [-0.3, -0.25) is 4.79 Å². The summed E-state index contributed by atoms with van der Waals surface area (Å²) in [5.74, 6) is 0.604. The highest BCUT2D eigenvalue weighted by Crippen LogP contribution is 2.37. The number of aromatic nitrogens is 3. The summed E-state index contributed by atoms with van der Waals surface area (Å²) in [6.07, 6.45) is 0. The van der Waals surface area contributed by atoms with Crippen molar-refractivity contribution in [3.05, 3.63) is 74.8 Å². The van der Waals surface area contributed by atoms with E-state index < -0.39 is 5.97 Å². The first-order chi connectivity index (χ1) is 18.3. The van der Waals surface area contributed by atoms with E-state index in [9.17, 15) is 9.59 Å². The maximum atomic E-state index is 12.8. The van der Waals surface area contributed by atoms with Crippen molar-refractivity contribution in [1.82, 2.24) is 14.8 Å². The van der Waals surface area contributed by atoms with Crippen LogP contribution >= 0.6 is 46.3 Å². The van der Waals surface area contributed by atoms with Crippen LogP contribution in [0.15, 0.2) is 53.0 Å². The lowest BCUT2D eigenvalue weighted by Crippen LogP contribution is -2.16. The molecule has 0 aliphatic rings. The van der Waals surface area contributed by atoms with Crippen LogP contribution in [0.4, 0.5) is 5.00 Å².